The van der Waals surface area contributed by atoms with E-state index < -0.39 is 0 Å². The van der Waals surface area contributed by atoms with E-state index in [1.807, 2.05) is 12.1 Å². The van der Waals surface area contributed by atoms with E-state index in [0.717, 1.165) is 18.4 Å². The Morgan fingerprint density at radius 1 is 1.17 bits per heavy atom. The molecule has 29 heavy (non-hydrogen) atoms. The van der Waals surface area contributed by atoms with Crippen LogP contribution in [0.25, 0.3) is 0 Å². The lowest BCUT2D eigenvalue weighted by atomic mass is 10.0. The van der Waals surface area contributed by atoms with Gasteiger partial charge in [0.2, 0.25) is 0 Å². The normalized spacial score (nSPS) is 18.3. The lowest BCUT2D eigenvalue weighted by Crippen LogP contribution is -2.36. The van der Waals surface area contributed by atoms with Crippen LogP contribution in [0.15, 0.2) is 42.5 Å². The molecule has 0 spiro atoms. The zero-order valence-corrected chi connectivity index (χ0v) is 16.8. The van der Waals surface area contributed by atoms with Crippen molar-refractivity contribution in [1.82, 2.24) is 9.80 Å². The Balaban J connectivity index is 1.51. The first-order valence-corrected chi connectivity index (χ1v) is 9.93. The van der Waals surface area contributed by atoms with Crippen molar-refractivity contribution in [3.05, 3.63) is 69.7 Å². The van der Waals surface area contributed by atoms with Crippen molar-refractivity contribution in [2.24, 2.45) is 0 Å². The van der Waals surface area contributed by atoms with Crippen molar-refractivity contribution in [3.8, 4) is 0 Å². The van der Waals surface area contributed by atoms with Gasteiger partial charge in [-0.25, -0.2) is 0 Å². The van der Waals surface area contributed by atoms with Gasteiger partial charge in [0, 0.05) is 30.8 Å². The second kappa shape index (κ2) is 7.97. The van der Waals surface area contributed by atoms with Gasteiger partial charge in [0.1, 0.15) is 0 Å². The summed E-state index contributed by atoms with van der Waals surface area (Å²) in [5.41, 5.74) is 1.88. The molecule has 1 unspecified atom stereocenters. The third-order valence-corrected chi connectivity index (χ3v) is 5.52. The summed E-state index contributed by atoms with van der Waals surface area (Å²) < 4.78 is 5.55. The van der Waals surface area contributed by atoms with Crippen molar-refractivity contribution in [2.45, 2.75) is 25.5 Å². The molecule has 1 fully saturated rings. The zero-order chi connectivity index (χ0) is 20.5. The highest BCUT2D eigenvalue weighted by atomic mass is 35.5. The molecule has 0 aromatic heterocycles. The summed E-state index contributed by atoms with van der Waals surface area (Å²) in [5.74, 6) is -0.926. The Hall–Kier alpha value is -2.70. The molecule has 0 bridgehead atoms. The number of ether oxygens (including phenoxy) is 1. The van der Waals surface area contributed by atoms with Crippen molar-refractivity contribution < 1.29 is 19.1 Å². The second-order valence-electron chi connectivity index (χ2n) is 7.41. The Kier molecular flexibility index (Phi) is 5.39. The van der Waals surface area contributed by atoms with Gasteiger partial charge < -0.3 is 9.64 Å². The summed E-state index contributed by atoms with van der Waals surface area (Å²) in [6.07, 6.45) is 1.67. The number of carbonyl (C=O) groups excluding carboxylic acids is 3. The van der Waals surface area contributed by atoms with Crippen molar-refractivity contribution in [3.63, 3.8) is 0 Å². The van der Waals surface area contributed by atoms with Crippen LogP contribution in [0, 0.1) is 0 Å². The van der Waals surface area contributed by atoms with Crippen LogP contribution in [-0.4, -0.2) is 53.8 Å². The van der Waals surface area contributed by atoms with Gasteiger partial charge in [0.05, 0.1) is 23.8 Å². The minimum Gasteiger partial charge on any atom is -0.376 e. The molecule has 0 radical (unpaired) electrons. The van der Waals surface area contributed by atoms with E-state index in [1.165, 1.54) is 11.0 Å². The maximum atomic E-state index is 12.8. The first-order valence-electron chi connectivity index (χ1n) is 9.56. The average Bonchev–Trinajstić information content (AvgIpc) is 3.30. The van der Waals surface area contributed by atoms with Gasteiger partial charge in [0.25, 0.3) is 17.7 Å². The lowest BCUT2D eigenvalue weighted by Gasteiger charge is -2.18. The Bertz CT molecular complexity index is 985. The van der Waals surface area contributed by atoms with Crippen LogP contribution in [-0.2, 0) is 11.3 Å². The van der Waals surface area contributed by atoms with Crippen molar-refractivity contribution >= 4 is 29.3 Å². The molecule has 0 saturated carbocycles. The average molecular weight is 413 g/mol. The fourth-order valence-corrected chi connectivity index (χ4v) is 4.00. The summed E-state index contributed by atoms with van der Waals surface area (Å²) in [6.45, 7) is 1.30. The third kappa shape index (κ3) is 3.91. The standard InChI is InChI=1S/C22H21ClN2O4/c1-24(12-14-4-2-5-16(23)10-14)20(26)15-7-8-18-19(11-15)22(28)25(21(18)27)13-17-6-3-9-29-17/h2,4-5,7-8,10-11,17H,3,6,9,12-13H2,1H3. The number of carbonyl (C=O) groups is 3. The number of imide groups is 1. The summed E-state index contributed by atoms with van der Waals surface area (Å²) in [5, 5.41) is 0.608. The minimum atomic E-state index is -0.368. The van der Waals surface area contributed by atoms with Crippen LogP contribution < -0.4 is 0 Å². The zero-order valence-electron chi connectivity index (χ0n) is 16.1. The van der Waals surface area contributed by atoms with E-state index in [4.69, 9.17) is 16.3 Å². The number of hydrogen-bond acceptors (Lipinski definition) is 4. The van der Waals surface area contributed by atoms with Gasteiger partial charge in [-0.15, -0.1) is 0 Å². The second-order valence-corrected chi connectivity index (χ2v) is 7.84. The molecule has 2 aromatic carbocycles. The molecule has 2 aliphatic rings. The van der Waals surface area contributed by atoms with E-state index >= 15 is 0 Å². The van der Waals surface area contributed by atoms with E-state index in [1.54, 1.807) is 36.2 Å². The number of rotatable bonds is 5. The van der Waals surface area contributed by atoms with E-state index in [9.17, 15) is 14.4 Å². The van der Waals surface area contributed by atoms with Gasteiger partial charge in [-0.3, -0.25) is 19.3 Å². The van der Waals surface area contributed by atoms with Crippen LogP contribution in [0.5, 0.6) is 0 Å². The number of benzene rings is 2. The third-order valence-electron chi connectivity index (χ3n) is 5.28. The SMILES string of the molecule is CN(Cc1cccc(Cl)c1)C(=O)c1ccc2c(c1)C(=O)N(CC1CCCO1)C2=O. The van der Waals surface area contributed by atoms with Crippen LogP contribution >= 0.6 is 11.6 Å². The van der Waals surface area contributed by atoms with E-state index in [-0.39, 0.29) is 35.9 Å². The Labute approximate surface area is 174 Å². The summed E-state index contributed by atoms with van der Waals surface area (Å²) in [7, 11) is 1.69. The molecule has 2 heterocycles. The molecule has 1 atom stereocenters. The molecule has 2 aliphatic heterocycles. The molecule has 4 rings (SSSR count). The quantitative estimate of drug-likeness (QED) is 0.706. The first kappa shape index (κ1) is 19.6. The molecule has 2 aromatic rings. The van der Waals surface area contributed by atoms with Gasteiger partial charge in [-0.2, -0.15) is 0 Å². The lowest BCUT2D eigenvalue weighted by molar-refractivity contribution is 0.0475. The molecule has 0 aliphatic carbocycles. The van der Waals surface area contributed by atoms with Crippen LogP contribution in [0.2, 0.25) is 5.02 Å². The first-order chi connectivity index (χ1) is 13.9. The van der Waals surface area contributed by atoms with E-state index in [2.05, 4.69) is 0 Å². The predicted octanol–water partition coefficient (Wildman–Crippen LogP) is 3.39. The number of fused-ring (bicyclic) bond motifs is 1. The van der Waals surface area contributed by atoms with Gasteiger partial charge >= 0.3 is 0 Å². The van der Waals surface area contributed by atoms with Crippen LogP contribution in [0.1, 0.15) is 49.5 Å². The number of halogens is 1. The smallest absolute Gasteiger partial charge is 0.261 e. The molecule has 6 nitrogen and oxygen atoms in total. The summed E-state index contributed by atoms with van der Waals surface area (Å²) in [4.78, 5) is 41.0. The number of hydrogen-bond donors (Lipinski definition) is 0. The highest BCUT2D eigenvalue weighted by Gasteiger charge is 2.38. The van der Waals surface area contributed by atoms with Gasteiger partial charge in [-0.05, 0) is 48.7 Å². The molecule has 7 heteroatoms. The van der Waals surface area contributed by atoms with Gasteiger partial charge in [0.15, 0.2) is 0 Å². The summed E-state index contributed by atoms with van der Waals surface area (Å²) >= 11 is 6.01. The molecule has 1 saturated heterocycles. The predicted molar refractivity (Wildman–Crippen MR) is 108 cm³/mol. The maximum Gasteiger partial charge on any atom is 0.261 e. The van der Waals surface area contributed by atoms with Crippen LogP contribution in [0.4, 0.5) is 0 Å². The molecule has 150 valence electrons. The van der Waals surface area contributed by atoms with Crippen molar-refractivity contribution in [2.75, 3.05) is 20.2 Å². The maximum absolute atomic E-state index is 12.8. The molecular weight excluding hydrogens is 392 g/mol. The topological polar surface area (TPSA) is 66.9 Å². The summed E-state index contributed by atoms with van der Waals surface area (Å²) in [6, 6.07) is 12.0. The van der Waals surface area contributed by atoms with Gasteiger partial charge in [-0.1, -0.05) is 23.7 Å². The fraction of sp³-hybridized carbons (Fsp3) is 0.318. The number of amides is 3. The largest absolute Gasteiger partial charge is 0.376 e. The highest BCUT2D eigenvalue weighted by Crippen LogP contribution is 2.26. The fourth-order valence-electron chi connectivity index (χ4n) is 3.78. The molecular formula is C22H21ClN2O4. The Morgan fingerprint density at radius 3 is 2.69 bits per heavy atom. The molecule has 0 N–H and O–H groups in total. The van der Waals surface area contributed by atoms with Crippen LogP contribution in [0.3, 0.4) is 0 Å². The molecule has 3 amide bonds. The Morgan fingerprint density at radius 2 is 1.97 bits per heavy atom. The minimum absolute atomic E-state index is 0.109. The number of nitrogens with zero attached hydrogens (tertiary/aromatic N) is 2. The van der Waals surface area contributed by atoms with Crippen molar-refractivity contribution in [1.29, 1.82) is 0 Å². The highest BCUT2D eigenvalue weighted by molar-refractivity contribution is 6.30. The van der Waals surface area contributed by atoms with E-state index in [0.29, 0.717) is 29.3 Å². The monoisotopic (exact) mass is 412 g/mol.